The standard InChI is InChI=1S/C19H17F3N4O2/c1-3-16-14(10-24-26(16)13-6-4-11(2)5-7-13)17(27)25-15-8-12(19(20,21)22)9-23-18(15)28/h4-10H,3H2,1-2H3,(H,23,28)(H,25,27). The van der Waals surface area contributed by atoms with Gasteiger partial charge in [0.15, 0.2) is 0 Å². The summed E-state index contributed by atoms with van der Waals surface area (Å²) in [5.74, 6) is -0.708. The quantitative estimate of drug-likeness (QED) is 0.713. The fraction of sp³-hybridized carbons (Fsp3) is 0.211. The first-order chi connectivity index (χ1) is 13.2. The lowest BCUT2D eigenvalue weighted by Gasteiger charge is -2.10. The molecule has 0 unspecified atom stereocenters. The molecule has 146 valence electrons. The Bertz CT molecular complexity index is 1070. The summed E-state index contributed by atoms with van der Waals surface area (Å²) in [7, 11) is 0. The number of carbonyl (C=O) groups is 1. The number of nitrogens with one attached hydrogen (secondary N) is 2. The molecule has 0 saturated heterocycles. The van der Waals surface area contributed by atoms with Crippen molar-refractivity contribution in [1.82, 2.24) is 14.8 Å². The molecule has 6 nitrogen and oxygen atoms in total. The van der Waals surface area contributed by atoms with Crippen LogP contribution in [0.5, 0.6) is 0 Å². The molecule has 0 spiro atoms. The maximum absolute atomic E-state index is 12.8. The highest BCUT2D eigenvalue weighted by atomic mass is 19.4. The average molecular weight is 390 g/mol. The minimum absolute atomic E-state index is 0.180. The molecule has 2 aromatic heterocycles. The van der Waals surface area contributed by atoms with Crippen LogP contribution < -0.4 is 10.9 Å². The van der Waals surface area contributed by atoms with E-state index in [2.05, 4.69) is 10.4 Å². The zero-order chi connectivity index (χ0) is 20.5. The van der Waals surface area contributed by atoms with Crippen LogP contribution in [0.4, 0.5) is 18.9 Å². The van der Waals surface area contributed by atoms with Crippen LogP contribution in [0.2, 0.25) is 0 Å². The number of hydrogen-bond donors (Lipinski definition) is 2. The first-order valence-electron chi connectivity index (χ1n) is 8.46. The van der Waals surface area contributed by atoms with E-state index < -0.39 is 28.9 Å². The van der Waals surface area contributed by atoms with Gasteiger partial charge >= 0.3 is 6.18 Å². The maximum atomic E-state index is 12.8. The van der Waals surface area contributed by atoms with E-state index in [-0.39, 0.29) is 5.56 Å². The molecule has 0 fully saturated rings. The summed E-state index contributed by atoms with van der Waals surface area (Å²) in [6.45, 7) is 3.77. The number of anilines is 1. The number of aryl methyl sites for hydroxylation is 1. The van der Waals surface area contributed by atoms with Crippen LogP contribution in [-0.4, -0.2) is 20.7 Å². The summed E-state index contributed by atoms with van der Waals surface area (Å²) in [6, 6.07) is 8.10. The predicted molar refractivity (Wildman–Crippen MR) is 97.7 cm³/mol. The molecule has 0 saturated carbocycles. The number of amides is 1. The minimum Gasteiger partial charge on any atom is -0.327 e. The molecule has 0 aliphatic carbocycles. The van der Waals surface area contributed by atoms with Gasteiger partial charge in [-0.15, -0.1) is 0 Å². The van der Waals surface area contributed by atoms with Crippen molar-refractivity contribution in [2.75, 3.05) is 5.32 Å². The van der Waals surface area contributed by atoms with Gasteiger partial charge in [-0.05, 0) is 31.5 Å². The van der Waals surface area contributed by atoms with Crippen LogP contribution >= 0.6 is 0 Å². The number of rotatable bonds is 4. The molecule has 2 heterocycles. The first kappa shape index (κ1) is 19.4. The van der Waals surface area contributed by atoms with Gasteiger partial charge in [-0.25, -0.2) is 4.68 Å². The molecule has 9 heteroatoms. The molecule has 1 aromatic carbocycles. The van der Waals surface area contributed by atoms with Gasteiger partial charge in [0.05, 0.1) is 28.7 Å². The van der Waals surface area contributed by atoms with Crippen molar-refractivity contribution in [3.05, 3.63) is 75.5 Å². The monoisotopic (exact) mass is 390 g/mol. The zero-order valence-corrected chi connectivity index (χ0v) is 15.1. The molecule has 0 atom stereocenters. The molecule has 1 amide bonds. The normalized spacial score (nSPS) is 11.5. The lowest BCUT2D eigenvalue weighted by Crippen LogP contribution is -2.22. The number of carbonyl (C=O) groups excluding carboxylic acids is 1. The summed E-state index contributed by atoms with van der Waals surface area (Å²) < 4.78 is 40.1. The van der Waals surface area contributed by atoms with E-state index in [0.717, 1.165) is 11.3 Å². The van der Waals surface area contributed by atoms with Gasteiger partial charge in [-0.1, -0.05) is 24.6 Å². The number of H-pyrrole nitrogens is 1. The number of halogens is 3. The third kappa shape index (κ3) is 3.83. The molecule has 0 aliphatic rings. The Morgan fingerprint density at radius 2 is 1.93 bits per heavy atom. The van der Waals surface area contributed by atoms with Crippen LogP contribution in [0, 0.1) is 6.92 Å². The van der Waals surface area contributed by atoms with E-state index in [1.807, 2.05) is 43.1 Å². The molecule has 28 heavy (non-hydrogen) atoms. The maximum Gasteiger partial charge on any atom is 0.417 e. The second-order valence-electron chi connectivity index (χ2n) is 6.19. The summed E-state index contributed by atoms with van der Waals surface area (Å²) in [5.41, 5.74) is 0.197. The molecular weight excluding hydrogens is 373 g/mol. The van der Waals surface area contributed by atoms with Crippen LogP contribution in [0.15, 0.2) is 47.5 Å². The highest BCUT2D eigenvalue weighted by molar-refractivity contribution is 6.05. The number of hydrogen-bond acceptors (Lipinski definition) is 3. The van der Waals surface area contributed by atoms with Crippen molar-refractivity contribution < 1.29 is 18.0 Å². The second-order valence-corrected chi connectivity index (χ2v) is 6.19. The molecule has 0 radical (unpaired) electrons. The summed E-state index contributed by atoms with van der Waals surface area (Å²) in [6.07, 6.45) is -2.30. The van der Waals surface area contributed by atoms with E-state index in [4.69, 9.17) is 0 Å². The van der Waals surface area contributed by atoms with Crippen molar-refractivity contribution in [2.24, 2.45) is 0 Å². The van der Waals surface area contributed by atoms with Gasteiger partial charge in [-0.3, -0.25) is 9.59 Å². The Hall–Kier alpha value is -3.36. The number of nitrogens with zero attached hydrogens (tertiary/aromatic N) is 2. The summed E-state index contributed by atoms with van der Waals surface area (Å²) in [5, 5.41) is 6.47. The minimum atomic E-state index is -4.64. The largest absolute Gasteiger partial charge is 0.417 e. The molecule has 0 aliphatic heterocycles. The van der Waals surface area contributed by atoms with Crippen LogP contribution in [0.3, 0.4) is 0 Å². The fourth-order valence-electron chi connectivity index (χ4n) is 2.74. The number of benzene rings is 1. The van der Waals surface area contributed by atoms with Crippen molar-refractivity contribution >= 4 is 11.6 Å². The van der Waals surface area contributed by atoms with Gasteiger partial charge in [0.25, 0.3) is 11.5 Å². The van der Waals surface area contributed by atoms with E-state index in [1.165, 1.54) is 6.20 Å². The lowest BCUT2D eigenvalue weighted by molar-refractivity contribution is -0.137. The van der Waals surface area contributed by atoms with E-state index in [9.17, 15) is 22.8 Å². The zero-order valence-electron chi connectivity index (χ0n) is 15.1. The molecule has 0 bridgehead atoms. The fourth-order valence-corrected chi connectivity index (χ4v) is 2.74. The Balaban J connectivity index is 1.94. The van der Waals surface area contributed by atoms with E-state index in [1.54, 1.807) is 4.68 Å². The average Bonchev–Trinajstić information content (AvgIpc) is 3.07. The topological polar surface area (TPSA) is 79.8 Å². The highest BCUT2D eigenvalue weighted by Crippen LogP contribution is 2.29. The Kier molecular flexibility index (Phi) is 5.08. The molecular formula is C19H17F3N4O2. The van der Waals surface area contributed by atoms with Gasteiger partial charge in [0.1, 0.15) is 5.69 Å². The Morgan fingerprint density at radius 1 is 1.25 bits per heavy atom. The molecule has 3 aromatic rings. The van der Waals surface area contributed by atoms with E-state index >= 15 is 0 Å². The first-order valence-corrected chi connectivity index (χ1v) is 8.46. The van der Waals surface area contributed by atoms with Crippen LogP contribution in [-0.2, 0) is 12.6 Å². The Labute approximate surface area is 158 Å². The van der Waals surface area contributed by atoms with Crippen LogP contribution in [0.1, 0.15) is 34.1 Å². The second kappa shape index (κ2) is 7.34. The highest BCUT2D eigenvalue weighted by Gasteiger charge is 2.31. The summed E-state index contributed by atoms with van der Waals surface area (Å²) in [4.78, 5) is 26.4. The SMILES string of the molecule is CCc1c(C(=O)Nc2cc(C(F)(F)F)c[nH]c2=O)cnn1-c1ccc(C)cc1. The molecule has 2 N–H and O–H groups in total. The van der Waals surface area contributed by atoms with Crippen LogP contribution in [0.25, 0.3) is 5.69 Å². The van der Waals surface area contributed by atoms with Gasteiger partial charge < -0.3 is 10.3 Å². The number of aromatic amines is 1. The van der Waals surface area contributed by atoms with Crippen molar-refractivity contribution in [3.63, 3.8) is 0 Å². The lowest BCUT2D eigenvalue weighted by atomic mass is 10.1. The predicted octanol–water partition coefficient (Wildman–Crippen LogP) is 3.70. The number of aromatic nitrogens is 3. The van der Waals surface area contributed by atoms with Crippen molar-refractivity contribution in [3.8, 4) is 5.69 Å². The number of alkyl halides is 3. The third-order valence-electron chi connectivity index (χ3n) is 4.21. The third-order valence-corrected chi connectivity index (χ3v) is 4.21. The van der Waals surface area contributed by atoms with E-state index in [0.29, 0.717) is 24.4 Å². The Morgan fingerprint density at radius 3 is 2.54 bits per heavy atom. The van der Waals surface area contributed by atoms with Gasteiger partial charge in [0, 0.05) is 6.20 Å². The van der Waals surface area contributed by atoms with Gasteiger partial charge in [-0.2, -0.15) is 18.3 Å². The van der Waals surface area contributed by atoms with Gasteiger partial charge in [0.2, 0.25) is 0 Å². The van der Waals surface area contributed by atoms with Crippen molar-refractivity contribution in [2.45, 2.75) is 26.4 Å². The number of pyridine rings is 1. The summed E-state index contributed by atoms with van der Waals surface area (Å²) >= 11 is 0. The molecule has 3 rings (SSSR count). The van der Waals surface area contributed by atoms with Crippen molar-refractivity contribution in [1.29, 1.82) is 0 Å². The smallest absolute Gasteiger partial charge is 0.327 e.